The second kappa shape index (κ2) is 9.62. The van der Waals surface area contributed by atoms with E-state index in [1.54, 1.807) is 44.4 Å². The molecule has 9 heteroatoms. The van der Waals surface area contributed by atoms with Crippen LogP contribution in [-0.2, 0) is 14.8 Å². The van der Waals surface area contributed by atoms with Crippen molar-refractivity contribution in [2.45, 2.75) is 20.8 Å². The Bertz CT molecular complexity index is 1060. The van der Waals surface area contributed by atoms with Crippen LogP contribution in [0.4, 0.5) is 5.69 Å². The molecule has 1 amide bonds. The van der Waals surface area contributed by atoms with Crippen molar-refractivity contribution in [3.63, 3.8) is 0 Å². The number of ether oxygens (including phenoxy) is 2. The highest BCUT2D eigenvalue weighted by Gasteiger charge is 2.22. The number of benzene rings is 2. The highest BCUT2D eigenvalue weighted by Crippen LogP contribution is 2.28. The van der Waals surface area contributed by atoms with Crippen LogP contribution in [-0.4, -0.2) is 47.1 Å². The maximum atomic E-state index is 12.5. The first kappa shape index (κ1) is 23.2. The fourth-order valence-corrected chi connectivity index (χ4v) is 3.73. The summed E-state index contributed by atoms with van der Waals surface area (Å²) in [5.41, 5.74) is 5.87. The number of carbonyl (C=O) groups excluding carboxylic acids is 1. The normalized spacial score (nSPS) is 11.7. The average molecular weight is 434 g/mol. The van der Waals surface area contributed by atoms with E-state index >= 15 is 0 Å². The Labute approximate surface area is 177 Å². The molecule has 0 aliphatic rings. The summed E-state index contributed by atoms with van der Waals surface area (Å²) in [4.78, 5) is 12.5. The first-order chi connectivity index (χ1) is 14.1. The molecule has 0 saturated carbocycles. The lowest BCUT2D eigenvalue weighted by Crippen LogP contribution is -2.39. The van der Waals surface area contributed by atoms with Gasteiger partial charge in [0, 0.05) is 5.56 Å². The van der Waals surface area contributed by atoms with Gasteiger partial charge in [-0.2, -0.15) is 5.10 Å². The molecule has 2 aromatic rings. The predicted molar refractivity (Wildman–Crippen MR) is 118 cm³/mol. The molecule has 0 bridgehead atoms. The Balaban J connectivity index is 2.21. The minimum absolute atomic E-state index is 0.383. The number of nitrogens with zero attached hydrogens (tertiary/aromatic N) is 2. The lowest BCUT2D eigenvalue weighted by Gasteiger charge is -2.24. The van der Waals surface area contributed by atoms with E-state index in [1.807, 2.05) is 19.9 Å². The smallest absolute Gasteiger partial charge is 0.260 e. The van der Waals surface area contributed by atoms with Crippen molar-refractivity contribution in [2.75, 3.05) is 31.3 Å². The van der Waals surface area contributed by atoms with Crippen LogP contribution in [0, 0.1) is 13.8 Å². The van der Waals surface area contributed by atoms with Gasteiger partial charge in [0.2, 0.25) is 10.0 Å². The van der Waals surface area contributed by atoms with Crippen LogP contribution < -0.4 is 19.2 Å². The fourth-order valence-electron chi connectivity index (χ4n) is 2.82. The van der Waals surface area contributed by atoms with Gasteiger partial charge in [0.1, 0.15) is 6.54 Å². The van der Waals surface area contributed by atoms with E-state index in [0.717, 1.165) is 27.3 Å². The minimum atomic E-state index is -3.67. The molecule has 0 unspecified atom stereocenters. The molecule has 1 N–H and O–H groups in total. The Hall–Kier alpha value is -3.07. The number of carbonyl (C=O) groups is 1. The molecule has 0 aliphatic carbocycles. The summed E-state index contributed by atoms with van der Waals surface area (Å²) in [5, 5.41) is 4.09. The van der Waals surface area contributed by atoms with Crippen LogP contribution in [0.25, 0.3) is 0 Å². The molecule has 0 spiro atoms. The van der Waals surface area contributed by atoms with Crippen LogP contribution in [0.15, 0.2) is 41.5 Å². The lowest BCUT2D eigenvalue weighted by atomic mass is 10.1. The molecule has 0 aliphatic heterocycles. The standard InChI is InChI=1S/C21H27N3O5S/c1-14-8-7-9-18(15(14)2)24(30(6,26)27)13-21(25)23-22-16(3)17-10-11-19(28-4)20(12-17)29-5/h7-12H,13H2,1-6H3,(H,23,25)/b22-16+. The van der Waals surface area contributed by atoms with Crippen molar-refractivity contribution in [2.24, 2.45) is 5.10 Å². The molecule has 0 fully saturated rings. The first-order valence-electron chi connectivity index (χ1n) is 9.18. The quantitative estimate of drug-likeness (QED) is 0.510. The van der Waals surface area contributed by atoms with E-state index in [2.05, 4.69) is 10.5 Å². The molecule has 0 atom stereocenters. The van der Waals surface area contributed by atoms with Gasteiger partial charge in [0.05, 0.1) is 31.9 Å². The van der Waals surface area contributed by atoms with Gasteiger partial charge in [-0.1, -0.05) is 12.1 Å². The number of nitrogens with one attached hydrogen (secondary N) is 1. The van der Waals surface area contributed by atoms with Crippen LogP contribution >= 0.6 is 0 Å². The number of hydrogen-bond acceptors (Lipinski definition) is 6. The Kier molecular flexibility index (Phi) is 7.44. The molecule has 0 aromatic heterocycles. The summed E-state index contributed by atoms with van der Waals surface area (Å²) < 4.78 is 36.2. The van der Waals surface area contributed by atoms with Crippen molar-refractivity contribution in [1.82, 2.24) is 5.43 Å². The van der Waals surface area contributed by atoms with Crippen LogP contribution in [0.3, 0.4) is 0 Å². The van der Waals surface area contributed by atoms with E-state index in [0.29, 0.717) is 22.9 Å². The van der Waals surface area contributed by atoms with Gasteiger partial charge in [0.25, 0.3) is 5.91 Å². The molecular weight excluding hydrogens is 406 g/mol. The SMILES string of the molecule is COc1ccc(/C(C)=N/NC(=O)CN(c2cccc(C)c2C)S(C)(=O)=O)cc1OC. The highest BCUT2D eigenvalue weighted by molar-refractivity contribution is 7.92. The van der Waals surface area contributed by atoms with E-state index in [1.165, 1.54) is 7.11 Å². The Morgan fingerprint density at radius 1 is 1.10 bits per heavy atom. The number of aryl methyl sites for hydroxylation is 1. The molecular formula is C21H27N3O5S. The third kappa shape index (κ3) is 5.50. The summed E-state index contributed by atoms with van der Waals surface area (Å²) in [5.74, 6) is 0.561. The number of methoxy groups -OCH3 is 2. The monoisotopic (exact) mass is 433 g/mol. The maximum absolute atomic E-state index is 12.5. The largest absolute Gasteiger partial charge is 0.493 e. The number of rotatable bonds is 8. The highest BCUT2D eigenvalue weighted by atomic mass is 32.2. The van der Waals surface area contributed by atoms with Gasteiger partial charge in [-0.05, 0) is 56.2 Å². The van der Waals surface area contributed by atoms with Gasteiger partial charge < -0.3 is 9.47 Å². The summed E-state index contributed by atoms with van der Waals surface area (Å²) in [6.07, 6.45) is 1.07. The van der Waals surface area contributed by atoms with Gasteiger partial charge in [0.15, 0.2) is 11.5 Å². The summed E-state index contributed by atoms with van der Waals surface area (Å²) in [6, 6.07) is 10.6. The van der Waals surface area contributed by atoms with Crippen LogP contribution in [0.1, 0.15) is 23.6 Å². The van der Waals surface area contributed by atoms with E-state index in [9.17, 15) is 13.2 Å². The molecule has 162 valence electrons. The average Bonchev–Trinajstić information content (AvgIpc) is 2.71. The van der Waals surface area contributed by atoms with Crippen LogP contribution in [0.5, 0.6) is 11.5 Å². The number of hydrogen-bond donors (Lipinski definition) is 1. The number of hydrazone groups is 1. The Morgan fingerprint density at radius 3 is 2.37 bits per heavy atom. The number of anilines is 1. The first-order valence-corrected chi connectivity index (χ1v) is 11.0. The molecule has 30 heavy (non-hydrogen) atoms. The van der Waals surface area contributed by atoms with Gasteiger partial charge >= 0.3 is 0 Å². The molecule has 0 radical (unpaired) electrons. The summed E-state index contributed by atoms with van der Waals surface area (Å²) in [7, 11) is -0.592. The zero-order chi connectivity index (χ0) is 22.5. The molecule has 8 nitrogen and oxygen atoms in total. The zero-order valence-electron chi connectivity index (χ0n) is 18.0. The van der Waals surface area contributed by atoms with E-state index in [-0.39, 0.29) is 6.54 Å². The molecule has 0 saturated heterocycles. The lowest BCUT2D eigenvalue weighted by molar-refractivity contribution is -0.119. The van der Waals surface area contributed by atoms with Crippen molar-refractivity contribution in [3.8, 4) is 11.5 Å². The summed E-state index contributed by atoms with van der Waals surface area (Å²) >= 11 is 0. The van der Waals surface area contributed by atoms with Crippen molar-refractivity contribution in [1.29, 1.82) is 0 Å². The van der Waals surface area contributed by atoms with Crippen molar-refractivity contribution in [3.05, 3.63) is 53.1 Å². The van der Waals surface area contributed by atoms with Gasteiger partial charge in [-0.15, -0.1) is 0 Å². The van der Waals surface area contributed by atoms with Crippen LogP contribution in [0.2, 0.25) is 0 Å². The van der Waals surface area contributed by atoms with E-state index in [4.69, 9.17) is 9.47 Å². The molecule has 2 aromatic carbocycles. The maximum Gasteiger partial charge on any atom is 0.260 e. The molecule has 2 rings (SSSR count). The second-order valence-corrected chi connectivity index (χ2v) is 8.70. The van der Waals surface area contributed by atoms with E-state index < -0.39 is 15.9 Å². The minimum Gasteiger partial charge on any atom is -0.493 e. The third-order valence-electron chi connectivity index (χ3n) is 4.68. The zero-order valence-corrected chi connectivity index (χ0v) is 18.8. The molecule has 0 heterocycles. The fraction of sp³-hybridized carbons (Fsp3) is 0.333. The van der Waals surface area contributed by atoms with Crippen molar-refractivity contribution >= 4 is 27.3 Å². The predicted octanol–water partition coefficient (Wildman–Crippen LogP) is 2.63. The third-order valence-corrected chi connectivity index (χ3v) is 5.81. The van der Waals surface area contributed by atoms with Gasteiger partial charge in [-0.3, -0.25) is 9.10 Å². The number of amides is 1. The van der Waals surface area contributed by atoms with Crippen molar-refractivity contribution < 1.29 is 22.7 Å². The second-order valence-electron chi connectivity index (χ2n) is 6.79. The topological polar surface area (TPSA) is 97.3 Å². The Morgan fingerprint density at radius 2 is 1.77 bits per heavy atom. The van der Waals surface area contributed by atoms with Gasteiger partial charge in [-0.25, -0.2) is 13.8 Å². The number of sulfonamides is 1. The summed E-state index contributed by atoms with van der Waals surface area (Å²) in [6.45, 7) is 5.04.